The molecule has 0 aliphatic heterocycles. The van der Waals surface area contributed by atoms with E-state index in [0.29, 0.717) is 0 Å². The Labute approximate surface area is 120 Å². The van der Waals surface area contributed by atoms with Gasteiger partial charge >= 0.3 is 11.9 Å². The van der Waals surface area contributed by atoms with Crippen molar-refractivity contribution in [1.29, 1.82) is 0 Å². The molecule has 2 N–H and O–H groups in total. The summed E-state index contributed by atoms with van der Waals surface area (Å²) in [6, 6.07) is -0.170. The van der Waals surface area contributed by atoms with Crippen LogP contribution in [0.5, 0.6) is 0 Å². The van der Waals surface area contributed by atoms with Crippen LogP contribution in [0.3, 0.4) is 0 Å². The minimum atomic E-state index is -0.478. The summed E-state index contributed by atoms with van der Waals surface area (Å²) in [5.41, 5.74) is 0. The van der Waals surface area contributed by atoms with Gasteiger partial charge in [-0.25, -0.2) is 0 Å². The normalized spacial score (nSPS) is 28.6. The van der Waals surface area contributed by atoms with E-state index < -0.39 is 11.8 Å². The Balaban J connectivity index is 2.84. The molecule has 116 valence electrons. The van der Waals surface area contributed by atoms with Crippen molar-refractivity contribution in [3.05, 3.63) is 0 Å². The third kappa shape index (κ3) is 3.49. The van der Waals surface area contributed by atoms with Crippen LogP contribution in [0.15, 0.2) is 0 Å². The molecule has 0 bridgehead atoms. The fourth-order valence-corrected chi connectivity index (χ4v) is 2.74. The van der Waals surface area contributed by atoms with E-state index in [4.69, 9.17) is 9.47 Å². The van der Waals surface area contributed by atoms with Gasteiger partial charge in [0.2, 0.25) is 0 Å². The summed E-state index contributed by atoms with van der Waals surface area (Å²) in [4.78, 5) is 23.8. The number of ether oxygens (including phenoxy) is 2. The quantitative estimate of drug-likeness (QED) is 0.626. The lowest BCUT2D eigenvalue weighted by Crippen LogP contribution is -2.72. The molecule has 4 unspecified atom stereocenters. The zero-order chi connectivity index (χ0) is 15.1. The van der Waals surface area contributed by atoms with Crippen LogP contribution in [0.2, 0.25) is 0 Å². The molecule has 0 aromatic carbocycles. The van der Waals surface area contributed by atoms with Crippen molar-refractivity contribution in [3.8, 4) is 0 Å². The summed E-state index contributed by atoms with van der Waals surface area (Å²) >= 11 is 0. The smallest absolute Gasteiger partial charge is 0.311 e. The van der Waals surface area contributed by atoms with Gasteiger partial charge in [0.15, 0.2) is 0 Å². The molecule has 0 heterocycles. The number of methoxy groups -OCH3 is 2. The molecule has 1 fully saturated rings. The second kappa shape index (κ2) is 8.21. The zero-order valence-corrected chi connectivity index (χ0v) is 12.8. The SMILES string of the molecule is CCCNC1C(NCCC)C(C(=O)OC)C1C(=O)OC. The molecule has 4 atom stereocenters. The molecule has 0 saturated heterocycles. The highest BCUT2D eigenvalue weighted by Crippen LogP contribution is 2.37. The van der Waals surface area contributed by atoms with Crippen molar-refractivity contribution in [1.82, 2.24) is 10.6 Å². The van der Waals surface area contributed by atoms with Crippen LogP contribution < -0.4 is 10.6 Å². The Morgan fingerprint density at radius 2 is 1.20 bits per heavy atom. The fraction of sp³-hybridized carbons (Fsp3) is 0.857. The van der Waals surface area contributed by atoms with Crippen LogP contribution >= 0.6 is 0 Å². The Morgan fingerprint density at radius 3 is 1.45 bits per heavy atom. The Hall–Kier alpha value is -1.14. The summed E-state index contributed by atoms with van der Waals surface area (Å²) in [6.45, 7) is 5.73. The molecule has 1 rings (SSSR count). The van der Waals surface area contributed by atoms with Crippen molar-refractivity contribution in [2.45, 2.75) is 38.8 Å². The lowest BCUT2D eigenvalue weighted by Gasteiger charge is -2.49. The highest BCUT2D eigenvalue weighted by molar-refractivity contribution is 5.86. The number of carbonyl (C=O) groups excluding carboxylic acids is 2. The molecule has 1 aliphatic carbocycles. The molecule has 1 saturated carbocycles. The average molecular weight is 286 g/mol. The minimum Gasteiger partial charge on any atom is -0.469 e. The highest BCUT2D eigenvalue weighted by atomic mass is 16.5. The van der Waals surface area contributed by atoms with Crippen LogP contribution in [-0.2, 0) is 19.1 Å². The molecule has 0 spiro atoms. The van der Waals surface area contributed by atoms with E-state index in [2.05, 4.69) is 24.5 Å². The molecule has 0 radical (unpaired) electrons. The summed E-state index contributed by atoms with van der Waals surface area (Å²) in [6.07, 6.45) is 1.93. The van der Waals surface area contributed by atoms with Crippen molar-refractivity contribution in [2.24, 2.45) is 11.8 Å². The molecule has 20 heavy (non-hydrogen) atoms. The fourth-order valence-electron chi connectivity index (χ4n) is 2.74. The van der Waals surface area contributed by atoms with Crippen molar-refractivity contribution >= 4 is 11.9 Å². The third-order valence-electron chi connectivity index (χ3n) is 3.75. The first-order chi connectivity index (χ1) is 9.62. The second-order valence-electron chi connectivity index (χ2n) is 5.06. The summed E-state index contributed by atoms with van der Waals surface area (Å²) in [5.74, 6) is -1.67. The number of carbonyl (C=O) groups is 2. The van der Waals surface area contributed by atoms with E-state index in [-0.39, 0.29) is 24.0 Å². The number of hydrogen-bond donors (Lipinski definition) is 2. The van der Waals surface area contributed by atoms with Gasteiger partial charge in [-0.15, -0.1) is 0 Å². The standard InChI is InChI=1S/C14H26N2O4/c1-5-7-15-11-9(13(17)19-3)10(14(18)20-4)12(11)16-8-6-2/h9-12,15-16H,5-8H2,1-4H3. The van der Waals surface area contributed by atoms with Crippen LogP contribution in [0.1, 0.15) is 26.7 Å². The van der Waals surface area contributed by atoms with Gasteiger partial charge in [0.25, 0.3) is 0 Å². The van der Waals surface area contributed by atoms with Crippen molar-refractivity contribution < 1.29 is 19.1 Å². The van der Waals surface area contributed by atoms with E-state index in [9.17, 15) is 9.59 Å². The Bertz CT molecular complexity index is 303. The van der Waals surface area contributed by atoms with Gasteiger partial charge in [0, 0.05) is 12.1 Å². The zero-order valence-electron chi connectivity index (χ0n) is 12.8. The molecule has 0 aromatic heterocycles. The maximum Gasteiger partial charge on any atom is 0.311 e. The summed E-state index contributed by atoms with van der Waals surface area (Å²) in [7, 11) is 2.70. The molecule has 6 heteroatoms. The average Bonchev–Trinajstić information content (AvgIpc) is 2.45. The predicted octanol–water partition coefficient (Wildman–Crippen LogP) is 0.315. The van der Waals surface area contributed by atoms with Gasteiger partial charge in [0.05, 0.1) is 26.1 Å². The maximum absolute atomic E-state index is 11.9. The van der Waals surface area contributed by atoms with Gasteiger partial charge in [-0.05, 0) is 25.9 Å². The molecule has 1 aliphatic rings. The molecule has 6 nitrogen and oxygen atoms in total. The van der Waals surface area contributed by atoms with Crippen LogP contribution in [-0.4, -0.2) is 51.3 Å². The van der Waals surface area contributed by atoms with Crippen LogP contribution in [0.25, 0.3) is 0 Å². The maximum atomic E-state index is 11.9. The topological polar surface area (TPSA) is 76.7 Å². The van der Waals surface area contributed by atoms with Crippen molar-refractivity contribution in [3.63, 3.8) is 0 Å². The van der Waals surface area contributed by atoms with Crippen LogP contribution in [0.4, 0.5) is 0 Å². The Kier molecular flexibility index (Phi) is 6.95. The highest BCUT2D eigenvalue weighted by Gasteiger charge is 2.58. The third-order valence-corrected chi connectivity index (χ3v) is 3.75. The van der Waals surface area contributed by atoms with Gasteiger partial charge in [0.1, 0.15) is 0 Å². The van der Waals surface area contributed by atoms with Gasteiger partial charge in [-0.1, -0.05) is 13.8 Å². The predicted molar refractivity (Wildman–Crippen MR) is 75.2 cm³/mol. The molecule has 0 amide bonds. The molecular formula is C14H26N2O4. The number of nitrogens with one attached hydrogen (secondary N) is 2. The number of esters is 2. The Morgan fingerprint density at radius 1 is 0.850 bits per heavy atom. The molecular weight excluding hydrogens is 260 g/mol. The lowest BCUT2D eigenvalue weighted by molar-refractivity contribution is -0.170. The molecule has 0 aromatic rings. The largest absolute Gasteiger partial charge is 0.469 e. The number of hydrogen-bond acceptors (Lipinski definition) is 6. The number of rotatable bonds is 8. The van der Waals surface area contributed by atoms with Crippen LogP contribution in [0, 0.1) is 11.8 Å². The van der Waals surface area contributed by atoms with Crippen molar-refractivity contribution in [2.75, 3.05) is 27.3 Å². The van der Waals surface area contributed by atoms with E-state index >= 15 is 0 Å². The lowest BCUT2D eigenvalue weighted by atomic mass is 9.64. The monoisotopic (exact) mass is 286 g/mol. The minimum absolute atomic E-state index is 0.0851. The van der Waals surface area contributed by atoms with E-state index in [1.54, 1.807) is 0 Å². The summed E-state index contributed by atoms with van der Waals surface area (Å²) < 4.78 is 9.66. The van der Waals surface area contributed by atoms with Gasteiger partial charge in [-0.3, -0.25) is 9.59 Å². The second-order valence-corrected chi connectivity index (χ2v) is 5.06. The summed E-state index contributed by atoms with van der Waals surface area (Å²) in [5, 5.41) is 6.66. The first-order valence-corrected chi connectivity index (χ1v) is 7.24. The first-order valence-electron chi connectivity index (χ1n) is 7.24. The van der Waals surface area contributed by atoms with E-state index in [0.717, 1.165) is 25.9 Å². The van der Waals surface area contributed by atoms with E-state index in [1.807, 2.05) is 0 Å². The van der Waals surface area contributed by atoms with E-state index in [1.165, 1.54) is 14.2 Å². The first kappa shape index (κ1) is 16.9. The van der Waals surface area contributed by atoms with Gasteiger partial charge < -0.3 is 20.1 Å². The van der Waals surface area contributed by atoms with Gasteiger partial charge in [-0.2, -0.15) is 0 Å².